The molecule has 0 amide bonds. The summed E-state index contributed by atoms with van der Waals surface area (Å²) < 4.78 is 0. The summed E-state index contributed by atoms with van der Waals surface area (Å²) >= 11 is 6.01. The standard InChI is InChI=1S/C14H16ClN3/c1-10-3-5-12(6-4-10)18(2)14-7-11(8-16)13(15)9-17-14/h3-7,9H,8,16H2,1-2H3. The molecule has 2 N–H and O–H groups in total. The molecule has 3 nitrogen and oxygen atoms in total. The number of hydrogen-bond acceptors (Lipinski definition) is 3. The number of halogens is 1. The molecule has 0 spiro atoms. The van der Waals surface area contributed by atoms with Crippen molar-refractivity contribution in [1.82, 2.24) is 4.98 Å². The van der Waals surface area contributed by atoms with Crippen LogP contribution in [0.15, 0.2) is 36.5 Å². The molecule has 0 aliphatic heterocycles. The molecule has 0 atom stereocenters. The van der Waals surface area contributed by atoms with Gasteiger partial charge in [-0.2, -0.15) is 0 Å². The molecule has 0 saturated heterocycles. The Morgan fingerprint density at radius 2 is 1.94 bits per heavy atom. The van der Waals surface area contributed by atoms with Crippen molar-refractivity contribution >= 4 is 23.1 Å². The zero-order chi connectivity index (χ0) is 13.1. The molecule has 94 valence electrons. The highest BCUT2D eigenvalue weighted by Gasteiger charge is 2.08. The van der Waals surface area contributed by atoms with Gasteiger partial charge in [-0.05, 0) is 30.7 Å². The average molecular weight is 262 g/mol. The Morgan fingerprint density at radius 3 is 2.56 bits per heavy atom. The van der Waals surface area contributed by atoms with Gasteiger partial charge in [0, 0.05) is 25.5 Å². The van der Waals surface area contributed by atoms with Gasteiger partial charge in [-0.15, -0.1) is 0 Å². The third-order valence-electron chi connectivity index (χ3n) is 2.91. The molecule has 0 aliphatic rings. The Labute approximate surface area is 112 Å². The first-order valence-corrected chi connectivity index (χ1v) is 6.14. The Morgan fingerprint density at radius 1 is 1.28 bits per heavy atom. The summed E-state index contributed by atoms with van der Waals surface area (Å²) in [5.41, 5.74) is 8.87. The molecule has 0 fully saturated rings. The van der Waals surface area contributed by atoms with Gasteiger partial charge in [0.05, 0.1) is 5.02 Å². The molecule has 0 saturated carbocycles. The maximum absolute atomic E-state index is 6.01. The Kier molecular flexibility index (Phi) is 3.84. The Bertz CT molecular complexity index is 537. The minimum absolute atomic E-state index is 0.413. The van der Waals surface area contributed by atoms with Crippen molar-refractivity contribution < 1.29 is 0 Å². The molecule has 1 aromatic carbocycles. The lowest BCUT2D eigenvalue weighted by Gasteiger charge is -2.19. The van der Waals surface area contributed by atoms with Crippen LogP contribution in [0.4, 0.5) is 11.5 Å². The van der Waals surface area contributed by atoms with Crippen molar-refractivity contribution in [2.24, 2.45) is 5.73 Å². The summed E-state index contributed by atoms with van der Waals surface area (Å²) in [6, 6.07) is 10.2. The lowest BCUT2D eigenvalue weighted by atomic mass is 10.2. The quantitative estimate of drug-likeness (QED) is 0.922. The van der Waals surface area contributed by atoms with E-state index in [0.29, 0.717) is 11.6 Å². The molecule has 2 rings (SSSR count). The molecule has 0 aliphatic carbocycles. The van der Waals surface area contributed by atoms with E-state index in [2.05, 4.69) is 36.2 Å². The lowest BCUT2D eigenvalue weighted by molar-refractivity contribution is 1.04. The van der Waals surface area contributed by atoms with Crippen LogP contribution in [0.1, 0.15) is 11.1 Å². The Balaban J connectivity index is 2.33. The first-order valence-electron chi connectivity index (χ1n) is 5.76. The first-order chi connectivity index (χ1) is 8.61. The number of nitrogens with two attached hydrogens (primary N) is 1. The minimum Gasteiger partial charge on any atom is -0.329 e. The van der Waals surface area contributed by atoms with Gasteiger partial charge in [-0.25, -0.2) is 4.98 Å². The molecule has 18 heavy (non-hydrogen) atoms. The molecular formula is C14H16ClN3. The number of aryl methyl sites for hydroxylation is 1. The number of pyridine rings is 1. The van der Waals surface area contributed by atoms with Crippen LogP contribution in [0.5, 0.6) is 0 Å². The van der Waals surface area contributed by atoms with Crippen LogP contribution in [0.3, 0.4) is 0 Å². The van der Waals surface area contributed by atoms with Gasteiger partial charge >= 0.3 is 0 Å². The van der Waals surface area contributed by atoms with Crippen molar-refractivity contribution in [2.45, 2.75) is 13.5 Å². The number of anilines is 2. The predicted molar refractivity (Wildman–Crippen MR) is 76.4 cm³/mol. The summed E-state index contributed by atoms with van der Waals surface area (Å²) in [5.74, 6) is 0.837. The van der Waals surface area contributed by atoms with Crippen LogP contribution < -0.4 is 10.6 Å². The van der Waals surface area contributed by atoms with E-state index in [-0.39, 0.29) is 0 Å². The van der Waals surface area contributed by atoms with Crippen LogP contribution in [0.2, 0.25) is 5.02 Å². The number of aromatic nitrogens is 1. The summed E-state index contributed by atoms with van der Waals surface area (Å²) in [6.07, 6.45) is 1.64. The largest absolute Gasteiger partial charge is 0.329 e. The predicted octanol–water partition coefficient (Wildman–Crippen LogP) is 3.27. The minimum atomic E-state index is 0.413. The van der Waals surface area contributed by atoms with Crippen LogP contribution >= 0.6 is 11.6 Å². The second-order valence-corrected chi connectivity index (χ2v) is 4.64. The van der Waals surface area contributed by atoms with E-state index in [1.54, 1.807) is 6.20 Å². The monoisotopic (exact) mass is 261 g/mol. The third-order valence-corrected chi connectivity index (χ3v) is 3.25. The molecule has 0 unspecified atom stereocenters. The first kappa shape index (κ1) is 12.9. The van der Waals surface area contributed by atoms with E-state index in [1.807, 2.05) is 18.0 Å². The van der Waals surface area contributed by atoms with Crippen molar-refractivity contribution in [2.75, 3.05) is 11.9 Å². The van der Waals surface area contributed by atoms with Crippen molar-refractivity contribution in [3.63, 3.8) is 0 Å². The SMILES string of the molecule is Cc1ccc(N(C)c2cc(CN)c(Cl)cn2)cc1. The number of nitrogens with zero attached hydrogens (tertiary/aromatic N) is 2. The van der Waals surface area contributed by atoms with Crippen LogP contribution in [0.25, 0.3) is 0 Å². The van der Waals surface area contributed by atoms with E-state index < -0.39 is 0 Å². The second kappa shape index (κ2) is 5.38. The summed E-state index contributed by atoms with van der Waals surface area (Å²) in [4.78, 5) is 6.33. The topological polar surface area (TPSA) is 42.1 Å². The molecule has 2 aromatic rings. The molecule has 0 bridgehead atoms. The fraction of sp³-hybridized carbons (Fsp3) is 0.214. The van der Waals surface area contributed by atoms with Gasteiger partial charge in [0.2, 0.25) is 0 Å². The molecule has 4 heteroatoms. The fourth-order valence-corrected chi connectivity index (χ4v) is 1.89. The van der Waals surface area contributed by atoms with Crippen molar-refractivity contribution in [3.05, 3.63) is 52.7 Å². The number of hydrogen-bond donors (Lipinski definition) is 1. The zero-order valence-electron chi connectivity index (χ0n) is 10.5. The van der Waals surface area contributed by atoms with E-state index in [0.717, 1.165) is 17.1 Å². The van der Waals surface area contributed by atoms with E-state index in [1.165, 1.54) is 5.56 Å². The molecule has 0 radical (unpaired) electrons. The maximum atomic E-state index is 6.01. The molecule has 1 aromatic heterocycles. The van der Waals surface area contributed by atoms with Gasteiger partial charge in [-0.1, -0.05) is 29.3 Å². The smallest absolute Gasteiger partial charge is 0.133 e. The van der Waals surface area contributed by atoms with Gasteiger partial charge in [0.1, 0.15) is 5.82 Å². The van der Waals surface area contributed by atoms with E-state index >= 15 is 0 Å². The summed E-state index contributed by atoms with van der Waals surface area (Å²) in [5, 5.41) is 0.610. The van der Waals surface area contributed by atoms with Gasteiger partial charge in [0.15, 0.2) is 0 Å². The normalized spacial score (nSPS) is 10.4. The average Bonchev–Trinajstić information content (AvgIpc) is 2.39. The van der Waals surface area contributed by atoms with Crippen molar-refractivity contribution in [3.8, 4) is 0 Å². The lowest BCUT2D eigenvalue weighted by Crippen LogP contribution is -2.12. The zero-order valence-corrected chi connectivity index (χ0v) is 11.3. The summed E-state index contributed by atoms with van der Waals surface area (Å²) in [7, 11) is 1.97. The highest BCUT2D eigenvalue weighted by molar-refractivity contribution is 6.31. The second-order valence-electron chi connectivity index (χ2n) is 4.23. The number of benzene rings is 1. The third kappa shape index (κ3) is 2.63. The highest BCUT2D eigenvalue weighted by Crippen LogP contribution is 2.25. The number of rotatable bonds is 3. The fourth-order valence-electron chi connectivity index (χ4n) is 1.71. The molecular weight excluding hydrogens is 246 g/mol. The highest BCUT2D eigenvalue weighted by atomic mass is 35.5. The van der Waals surface area contributed by atoms with Crippen LogP contribution in [0, 0.1) is 6.92 Å². The summed E-state index contributed by atoms with van der Waals surface area (Å²) in [6.45, 7) is 2.48. The Hall–Kier alpha value is -1.58. The maximum Gasteiger partial charge on any atom is 0.133 e. The van der Waals surface area contributed by atoms with Crippen molar-refractivity contribution in [1.29, 1.82) is 0 Å². The molecule has 1 heterocycles. The van der Waals surface area contributed by atoms with E-state index in [4.69, 9.17) is 17.3 Å². The van der Waals surface area contributed by atoms with Gasteiger partial charge in [0.25, 0.3) is 0 Å². The van der Waals surface area contributed by atoms with Gasteiger partial charge in [-0.3, -0.25) is 0 Å². The van der Waals surface area contributed by atoms with Gasteiger partial charge < -0.3 is 10.6 Å². The van der Waals surface area contributed by atoms with Crippen LogP contribution in [-0.4, -0.2) is 12.0 Å². The van der Waals surface area contributed by atoms with E-state index in [9.17, 15) is 0 Å². The van der Waals surface area contributed by atoms with Crippen LogP contribution in [-0.2, 0) is 6.54 Å².